The van der Waals surface area contributed by atoms with E-state index in [-0.39, 0.29) is 0 Å². The molecule has 0 saturated heterocycles. The molecular weight excluding hydrogens is 273 g/mol. The van der Waals surface area contributed by atoms with Crippen LogP contribution in [0.4, 0.5) is 0 Å². The number of hydrogen-bond donors (Lipinski definition) is 0. The van der Waals surface area contributed by atoms with Gasteiger partial charge < -0.3 is 0 Å². The molecule has 0 N–H and O–H groups in total. The van der Waals surface area contributed by atoms with Crippen LogP contribution in [0.1, 0.15) is 12.0 Å². The Morgan fingerprint density at radius 1 is 1.27 bits per heavy atom. The number of hydrogen-bond acceptors (Lipinski definition) is 1. The first-order chi connectivity index (χ1) is 7.33. The van der Waals surface area contributed by atoms with Gasteiger partial charge in [0.2, 0.25) is 0 Å². The van der Waals surface area contributed by atoms with Gasteiger partial charge in [-0.2, -0.15) is 0 Å². The Balaban J connectivity index is 2.53. The number of halogens is 2. The summed E-state index contributed by atoms with van der Waals surface area (Å²) in [6.45, 7) is 0. The zero-order valence-corrected chi connectivity index (χ0v) is 10.6. The van der Waals surface area contributed by atoms with Crippen molar-refractivity contribution >= 4 is 38.4 Å². The molecule has 0 saturated carbocycles. The summed E-state index contributed by atoms with van der Waals surface area (Å²) in [6.07, 6.45) is 3.87. The average Bonchev–Trinajstić information content (AvgIpc) is 2.28. The third kappa shape index (κ3) is 2.32. The van der Waals surface area contributed by atoms with Gasteiger partial charge >= 0.3 is 0 Å². The molecule has 0 fully saturated rings. The zero-order chi connectivity index (χ0) is 10.7. The smallest absolute Gasteiger partial charge is 0.0748 e. The van der Waals surface area contributed by atoms with Crippen LogP contribution in [0.25, 0.3) is 10.9 Å². The standard InChI is InChI=1S/C12H11BrClN/c13-7-1-4-10-11(14)6-5-9-3-2-8-15-12(9)10/h2-3,5-6,8H,1,4,7H2. The maximum atomic E-state index is 6.18. The quantitative estimate of drug-likeness (QED) is 0.769. The Bertz CT molecular complexity index is 470. The molecule has 2 rings (SSSR count). The highest BCUT2D eigenvalue weighted by Crippen LogP contribution is 2.25. The Morgan fingerprint density at radius 3 is 2.93 bits per heavy atom. The van der Waals surface area contributed by atoms with E-state index < -0.39 is 0 Å². The van der Waals surface area contributed by atoms with Crippen LogP contribution in [0, 0.1) is 0 Å². The van der Waals surface area contributed by atoms with E-state index in [9.17, 15) is 0 Å². The van der Waals surface area contributed by atoms with Crippen molar-refractivity contribution in [1.29, 1.82) is 0 Å². The molecule has 0 unspecified atom stereocenters. The molecule has 0 radical (unpaired) electrons. The second-order valence-corrected chi connectivity index (χ2v) is 4.59. The van der Waals surface area contributed by atoms with Crippen LogP contribution in [-0.4, -0.2) is 10.3 Å². The summed E-state index contributed by atoms with van der Waals surface area (Å²) in [5.41, 5.74) is 2.19. The van der Waals surface area contributed by atoms with Gasteiger partial charge in [0.25, 0.3) is 0 Å². The highest BCUT2D eigenvalue weighted by molar-refractivity contribution is 9.09. The fraction of sp³-hybridized carbons (Fsp3) is 0.250. The molecule has 0 aliphatic carbocycles. The van der Waals surface area contributed by atoms with Crippen molar-refractivity contribution in [2.75, 3.05) is 5.33 Å². The van der Waals surface area contributed by atoms with Crippen molar-refractivity contribution in [3.8, 4) is 0 Å². The molecule has 0 atom stereocenters. The van der Waals surface area contributed by atoms with Crippen LogP contribution in [0.2, 0.25) is 5.02 Å². The minimum absolute atomic E-state index is 0.821. The summed E-state index contributed by atoms with van der Waals surface area (Å²) in [4.78, 5) is 4.40. The molecule has 0 spiro atoms. The van der Waals surface area contributed by atoms with Crippen molar-refractivity contribution in [3.63, 3.8) is 0 Å². The number of pyridine rings is 1. The topological polar surface area (TPSA) is 12.9 Å². The van der Waals surface area contributed by atoms with E-state index >= 15 is 0 Å². The molecule has 0 aliphatic heterocycles. The lowest BCUT2D eigenvalue weighted by Gasteiger charge is -2.06. The number of alkyl halides is 1. The first-order valence-electron chi connectivity index (χ1n) is 4.91. The molecular formula is C12H11BrClN. The molecule has 0 bridgehead atoms. The minimum atomic E-state index is 0.821. The average molecular weight is 285 g/mol. The van der Waals surface area contributed by atoms with Gasteiger partial charge in [0.15, 0.2) is 0 Å². The van der Waals surface area contributed by atoms with E-state index in [2.05, 4.69) is 27.0 Å². The van der Waals surface area contributed by atoms with Gasteiger partial charge in [-0.25, -0.2) is 0 Å². The highest BCUT2D eigenvalue weighted by atomic mass is 79.9. The number of nitrogens with zero attached hydrogens (tertiary/aromatic N) is 1. The molecule has 0 amide bonds. The Hall–Kier alpha value is -0.600. The fourth-order valence-corrected chi connectivity index (χ4v) is 2.19. The molecule has 2 aromatic rings. The van der Waals surface area contributed by atoms with E-state index in [4.69, 9.17) is 11.6 Å². The normalized spacial score (nSPS) is 10.8. The summed E-state index contributed by atoms with van der Waals surface area (Å²) in [5.74, 6) is 0. The molecule has 15 heavy (non-hydrogen) atoms. The second kappa shape index (κ2) is 4.95. The maximum Gasteiger partial charge on any atom is 0.0748 e. The van der Waals surface area contributed by atoms with E-state index in [0.29, 0.717) is 0 Å². The monoisotopic (exact) mass is 283 g/mol. The number of aryl methyl sites for hydroxylation is 1. The van der Waals surface area contributed by atoms with Gasteiger partial charge in [-0.3, -0.25) is 4.98 Å². The lowest BCUT2D eigenvalue weighted by atomic mass is 10.1. The second-order valence-electron chi connectivity index (χ2n) is 3.39. The van der Waals surface area contributed by atoms with Crippen LogP contribution in [-0.2, 0) is 6.42 Å². The third-order valence-electron chi connectivity index (χ3n) is 2.38. The van der Waals surface area contributed by atoms with Crippen molar-refractivity contribution in [1.82, 2.24) is 4.98 Å². The van der Waals surface area contributed by atoms with E-state index in [1.54, 1.807) is 0 Å². The van der Waals surface area contributed by atoms with E-state index in [1.807, 2.05) is 24.4 Å². The van der Waals surface area contributed by atoms with Crippen LogP contribution < -0.4 is 0 Å². The molecule has 1 aromatic heterocycles. The fourth-order valence-electron chi connectivity index (χ4n) is 1.66. The summed E-state index contributed by atoms with van der Waals surface area (Å²) in [6, 6.07) is 7.98. The molecule has 1 nitrogen and oxygen atoms in total. The van der Waals surface area contributed by atoms with Crippen LogP contribution in [0.3, 0.4) is 0 Å². The first-order valence-corrected chi connectivity index (χ1v) is 6.41. The summed E-state index contributed by atoms with van der Waals surface area (Å²) >= 11 is 9.62. The number of rotatable bonds is 3. The molecule has 0 aliphatic rings. The molecule has 1 heterocycles. The van der Waals surface area contributed by atoms with Gasteiger partial charge in [0, 0.05) is 21.9 Å². The first kappa shape index (κ1) is 10.9. The van der Waals surface area contributed by atoms with Gasteiger partial charge in [-0.1, -0.05) is 39.7 Å². The van der Waals surface area contributed by atoms with E-state index in [1.165, 1.54) is 0 Å². The Labute approximate surface area is 103 Å². The predicted octanol–water partition coefficient (Wildman–Crippen LogP) is 4.22. The van der Waals surface area contributed by atoms with Crippen LogP contribution in [0.15, 0.2) is 30.5 Å². The van der Waals surface area contributed by atoms with Crippen molar-refractivity contribution < 1.29 is 0 Å². The summed E-state index contributed by atoms with van der Waals surface area (Å²) < 4.78 is 0. The minimum Gasteiger partial charge on any atom is -0.256 e. The van der Waals surface area contributed by atoms with Crippen molar-refractivity contribution in [2.45, 2.75) is 12.8 Å². The Kier molecular flexibility index (Phi) is 3.60. The maximum absolute atomic E-state index is 6.18. The largest absolute Gasteiger partial charge is 0.256 e. The van der Waals surface area contributed by atoms with Gasteiger partial charge in [-0.15, -0.1) is 0 Å². The Morgan fingerprint density at radius 2 is 2.13 bits per heavy atom. The van der Waals surface area contributed by atoms with Crippen molar-refractivity contribution in [3.05, 3.63) is 41.0 Å². The van der Waals surface area contributed by atoms with Crippen molar-refractivity contribution in [2.24, 2.45) is 0 Å². The molecule has 1 aromatic carbocycles. The highest BCUT2D eigenvalue weighted by Gasteiger charge is 2.06. The van der Waals surface area contributed by atoms with Crippen LogP contribution in [0.5, 0.6) is 0 Å². The lowest BCUT2D eigenvalue weighted by molar-refractivity contribution is 0.944. The van der Waals surface area contributed by atoms with Gasteiger partial charge in [0.1, 0.15) is 0 Å². The molecule has 3 heteroatoms. The van der Waals surface area contributed by atoms with Gasteiger partial charge in [-0.05, 0) is 30.5 Å². The number of benzene rings is 1. The predicted molar refractivity (Wildman–Crippen MR) is 68.9 cm³/mol. The number of fused-ring (bicyclic) bond motifs is 1. The third-order valence-corrected chi connectivity index (χ3v) is 3.30. The zero-order valence-electron chi connectivity index (χ0n) is 8.21. The van der Waals surface area contributed by atoms with Crippen LogP contribution >= 0.6 is 27.5 Å². The molecule has 78 valence electrons. The lowest BCUT2D eigenvalue weighted by Crippen LogP contribution is -1.92. The van der Waals surface area contributed by atoms with Gasteiger partial charge in [0.05, 0.1) is 5.52 Å². The SMILES string of the molecule is Clc1ccc2cccnc2c1CCCBr. The number of aromatic nitrogens is 1. The van der Waals surface area contributed by atoms with E-state index in [0.717, 1.165) is 39.7 Å². The summed E-state index contributed by atoms with van der Waals surface area (Å²) in [7, 11) is 0. The summed E-state index contributed by atoms with van der Waals surface area (Å²) in [5, 5.41) is 2.97.